The van der Waals surface area contributed by atoms with Crippen molar-refractivity contribution in [3.05, 3.63) is 101 Å². The number of aromatic hydroxyl groups is 1. The lowest BCUT2D eigenvalue weighted by Crippen LogP contribution is -2.18. The number of phenols is 1. The van der Waals surface area contributed by atoms with Crippen molar-refractivity contribution in [3.8, 4) is 17.2 Å². The Morgan fingerprint density at radius 3 is 2.57 bits per heavy atom. The van der Waals surface area contributed by atoms with Crippen LogP contribution in [0.4, 0.5) is 0 Å². The first-order valence-electron chi connectivity index (χ1n) is 10.7. The number of primary amides is 1. The van der Waals surface area contributed by atoms with Crippen molar-refractivity contribution in [3.63, 3.8) is 0 Å². The maximum atomic E-state index is 12.7. The number of rotatable bonds is 8. The predicted octanol–water partition coefficient (Wildman–Crippen LogP) is 4.00. The Bertz CT molecular complexity index is 1430. The van der Waals surface area contributed by atoms with E-state index in [9.17, 15) is 14.7 Å². The summed E-state index contributed by atoms with van der Waals surface area (Å²) >= 11 is 0. The summed E-state index contributed by atoms with van der Waals surface area (Å²) in [5.74, 6) is -0.291. The predicted molar refractivity (Wildman–Crippen MR) is 133 cm³/mol. The SMILES string of the molecule is COc1ccc(C=NNC(=O)c2c(O)ccc3ccccc23)cc1COc1ccccc1C(N)=O. The topological polar surface area (TPSA) is 123 Å². The minimum absolute atomic E-state index is 0.116. The molecule has 0 radical (unpaired) electrons. The van der Waals surface area contributed by atoms with Crippen LogP contribution in [0.2, 0.25) is 0 Å². The van der Waals surface area contributed by atoms with E-state index in [1.807, 2.05) is 12.1 Å². The van der Waals surface area contributed by atoms with Gasteiger partial charge in [-0.05, 0) is 52.7 Å². The Labute approximate surface area is 201 Å². The molecule has 176 valence electrons. The van der Waals surface area contributed by atoms with Crippen molar-refractivity contribution in [2.45, 2.75) is 6.61 Å². The molecule has 0 heterocycles. The molecule has 8 nitrogen and oxygen atoms in total. The summed E-state index contributed by atoms with van der Waals surface area (Å²) < 4.78 is 11.2. The van der Waals surface area contributed by atoms with Gasteiger partial charge in [0.1, 0.15) is 23.9 Å². The third-order valence-corrected chi connectivity index (χ3v) is 5.35. The second-order valence-corrected chi connectivity index (χ2v) is 7.60. The Morgan fingerprint density at radius 2 is 1.77 bits per heavy atom. The number of fused-ring (bicyclic) bond motifs is 1. The number of nitrogens with zero attached hydrogens (tertiary/aromatic N) is 1. The number of nitrogens with two attached hydrogens (primary N) is 1. The molecule has 0 fully saturated rings. The average Bonchev–Trinajstić information content (AvgIpc) is 2.87. The summed E-state index contributed by atoms with van der Waals surface area (Å²) in [6, 6.07) is 22.5. The molecule has 0 aliphatic heterocycles. The highest BCUT2D eigenvalue weighted by Gasteiger charge is 2.15. The molecule has 0 spiro atoms. The van der Waals surface area contributed by atoms with Crippen LogP contribution in [0.15, 0.2) is 84.0 Å². The van der Waals surface area contributed by atoms with Crippen LogP contribution < -0.4 is 20.6 Å². The number of hydrogen-bond acceptors (Lipinski definition) is 6. The molecule has 2 amide bonds. The van der Waals surface area contributed by atoms with Crippen molar-refractivity contribution >= 4 is 28.8 Å². The van der Waals surface area contributed by atoms with Crippen LogP contribution >= 0.6 is 0 Å². The molecule has 35 heavy (non-hydrogen) atoms. The number of phenolic OH excluding ortho intramolecular Hbond substituents is 1. The molecule has 0 saturated carbocycles. The first-order chi connectivity index (χ1) is 17.0. The Hall–Kier alpha value is -4.85. The molecule has 0 aromatic heterocycles. The van der Waals surface area contributed by atoms with Crippen molar-refractivity contribution in [1.29, 1.82) is 0 Å². The molecule has 4 aromatic rings. The van der Waals surface area contributed by atoms with E-state index < -0.39 is 11.8 Å². The second-order valence-electron chi connectivity index (χ2n) is 7.60. The summed E-state index contributed by atoms with van der Waals surface area (Å²) in [5.41, 5.74) is 9.69. The second kappa shape index (κ2) is 10.4. The van der Waals surface area contributed by atoms with Gasteiger partial charge < -0.3 is 20.3 Å². The highest BCUT2D eigenvalue weighted by atomic mass is 16.5. The fourth-order valence-electron chi connectivity index (χ4n) is 3.66. The van der Waals surface area contributed by atoms with Crippen LogP contribution in [-0.4, -0.2) is 30.2 Å². The fourth-order valence-corrected chi connectivity index (χ4v) is 3.66. The van der Waals surface area contributed by atoms with Gasteiger partial charge in [-0.25, -0.2) is 5.43 Å². The van der Waals surface area contributed by atoms with E-state index in [2.05, 4.69) is 10.5 Å². The van der Waals surface area contributed by atoms with Gasteiger partial charge in [-0.2, -0.15) is 5.10 Å². The molecule has 4 rings (SSSR count). The third-order valence-electron chi connectivity index (χ3n) is 5.35. The minimum atomic E-state index is -0.582. The standard InChI is InChI=1S/C27H23N3O5/c1-34-23-13-10-17(14-19(23)16-35-24-9-5-4-8-21(24)26(28)32)15-29-30-27(33)25-20-7-3-2-6-18(20)11-12-22(25)31/h2-15,31H,16H2,1H3,(H2,28,32)(H,30,33). The Kier molecular flexibility index (Phi) is 6.92. The maximum Gasteiger partial charge on any atom is 0.275 e. The lowest BCUT2D eigenvalue weighted by molar-refractivity contribution is 0.0952. The maximum absolute atomic E-state index is 12.7. The van der Waals surface area contributed by atoms with Gasteiger partial charge in [-0.3, -0.25) is 9.59 Å². The van der Waals surface area contributed by atoms with Gasteiger partial charge in [0.2, 0.25) is 0 Å². The molecule has 0 unspecified atom stereocenters. The molecule has 0 aliphatic carbocycles. The van der Waals surface area contributed by atoms with Crippen LogP contribution in [-0.2, 0) is 6.61 Å². The monoisotopic (exact) mass is 469 g/mol. The van der Waals surface area contributed by atoms with Crippen LogP contribution in [0.1, 0.15) is 31.8 Å². The van der Waals surface area contributed by atoms with Gasteiger partial charge in [-0.1, -0.05) is 42.5 Å². The zero-order valence-electron chi connectivity index (χ0n) is 18.9. The number of carbonyl (C=O) groups is 2. The summed E-state index contributed by atoms with van der Waals surface area (Å²) in [5, 5.41) is 15.7. The summed E-state index contributed by atoms with van der Waals surface area (Å²) in [4.78, 5) is 24.4. The lowest BCUT2D eigenvalue weighted by Gasteiger charge is -2.13. The molecule has 4 N–H and O–H groups in total. The zero-order chi connectivity index (χ0) is 24.8. The Morgan fingerprint density at radius 1 is 1.00 bits per heavy atom. The number of carbonyl (C=O) groups excluding carboxylic acids is 2. The van der Waals surface area contributed by atoms with Crippen molar-refractivity contribution in [1.82, 2.24) is 5.43 Å². The number of hydrazone groups is 1. The number of methoxy groups -OCH3 is 1. The molecule has 0 atom stereocenters. The number of hydrogen-bond donors (Lipinski definition) is 3. The van der Waals surface area contributed by atoms with E-state index in [-0.39, 0.29) is 23.5 Å². The first kappa shape index (κ1) is 23.3. The highest BCUT2D eigenvalue weighted by Crippen LogP contribution is 2.27. The average molecular weight is 469 g/mol. The normalized spacial score (nSPS) is 10.9. The number of para-hydroxylation sites is 1. The van der Waals surface area contributed by atoms with E-state index in [1.165, 1.54) is 12.3 Å². The minimum Gasteiger partial charge on any atom is -0.507 e. The quantitative estimate of drug-likeness (QED) is 0.266. The summed E-state index contributed by atoms with van der Waals surface area (Å²) in [6.07, 6.45) is 1.47. The van der Waals surface area contributed by atoms with Crippen molar-refractivity contribution in [2.75, 3.05) is 7.11 Å². The van der Waals surface area contributed by atoms with E-state index >= 15 is 0 Å². The van der Waals surface area contributed by atoms with Crippen LogP contribution in [0.3, 0.4) is 0 Å². The number of ether oxygens (including phenoxy) is 2. The fraction of sp³-hybridized carbons (Fsp3) is 0.0741. The smallest absolute Gasteiger partial charge is 0.275 e. The van der Waals surface area contributed by atoms with Gasteiger partial charge in [0.15, 0.2) is 0 Å². The van der Waals surface area contributed by atoms with E-state index in [0.717, 1.165) is 5.39 Å². The zero-order valence-corrected chi connectivity index (χ0v) is 18.9. The highest BCUT2D eigenvalue weighted by molar-refractivity contribution is 6.09. The van der Waals surface area contributed by atoms with Gasteiger partial charge in [0.25, 0.3) is 11.8 Å². The third kappa shape index (κ3) is 5.22. The molecule has 0 bridgehead atoms. The first-order valence-corrected chi connectivity index (χ1v) is 10.7. The van der Waals surface area contributed by atoms with Crippen LogP contribution in [0.25, 0.3) is 10.8 Å². The van der Waals surface area contributed by atoms with Gasteiger partial charge >= 0.3 is 0 Å². The molecular formula is C27H23N3O5. The molecule has 8 heteroatoms. The van der Waals surface area contributed by atoms with Crippen LogP contribution in [0.5, 0.6) is 17.2 Å². The molecule has 0 aliphatic rings. The van der Waals surface area contributed by atoms with E-state index in [0.29, 0.717) is 28.0 Å². The number of benzene rings is 4. The number of amides is 2. The van der Waals surface area contributed by atoms with Gasteiger partial charge in [0.05, 0.1) is 24.5 Å². The number of nitrogens with one attached hydrogen (secondary N) is 1. The lowest BCUT2D eigenvalue weighted by atomic mass is 10.0. The summed E-state index contributed by atoms with van der Waals surface area (Å²) in [6.45, 7) is 0.116. The molecule has 4 aromatic carbocycles. The van der Waals surface area contributed by atoms with Crippen molar-refractivity contribution in [2.24, 2.45) is 10.8 Å². The Balaban J connectivity index is 1.50. The molecular weight excluding hydrogens is 446 g/mol. The van der Waals surface area contributed by atoms with E-state index in [1.54, 1.807) is 67.8 Å². The largest absolute Gasteiger partial charge is 0.507 e. The van der Waals surface area contributed by atoms with E-state index in [4.69, 9.17) is 15.2 Å². The van der Waals surface area contributed by atoms with Crippen molar-refractivity contribution < 1.29 is 24.2 Å². The van der Waals surface area contributed by atoms with Crippen LogP contribution in [0, 0.1) is 0 Å². The van der Waals surface area contributed by atoms with Gasteiger partial charge in [0, 0.05) is 5.56 Å². The molecule has 0 saturated heterocycles. The van der Waals surface area contributed by atoms with Gasteiger partial charge in [-0.15, -0.1) is 0 Å². The summed E-state index contributed by atoms with van der Waals surface area (Å²) in [7, 11) is 1.54.